The Labute approximate surface area is 105 Å². The molecule has 0 fully saturated rings. The Hall–Kier alpha value is -0.870. The molecule has 0 bridgehead atoms. The minimum Gasteiger partial charge on any atom is -0.350 e. The first kappa shape index (κ1) is 13.2. The van der Waals surface area contributed by atoms with Gasteiger partial charge in [0.15, 0.2) is 0 Å². The number of benzene rings is 1. The Balaban J connectivity index is 2.52. The smallest absolute Gasteiger partial charge is 0.240 e. The summed E-state index contributed by atoms with van der Waals surface area (Å²) < 4.78 is 1.03. The Morgan fingerprint density at radius 2 is 2.00 bits per heavy atom. The van der Waals surface area contributed by atoms with Gasteiger partial charge in [-0.1, -0.05) is 35.0 Å². The summed E-state index contributed by atoms with van der Waals surface area (Å²) in [7, 11) is 0. The number of carbonyl (C=O) groups excluding carboxylic acids is 1. The SMILES string of the molecule is CCC(C)(N)C(=O)NCc1ccc(Br)cc1. The molecule has 0 saturated heterocycles. The number of hydrogen-bond acceptors (Lipinski definition) is 2. The molecule has 1 unspecified atom stereocenters. The van der Waals surface area contributed by atoms with Gasteiger partial charge in [-0.25, -0.2) is 0 Å². The van der Waals surface area contributed by atoms with Gasteiger partial charge >= 0.3 is 0 Å². The predicted octanol–water partition coefficient (Wildman–Crippen LogP) is 2.19. The summed E-state index contributed by atoms with van der Waals surface area (Å²) in [6, 6.07) is 7.82. The van der Waals surface area contributed by atoms with Gasteiger partial charge in [0.1, 0.15) is 0 Å². The molecular weight excluding hydrogens is 268 g/mol. The minimum atomic E-state index is -0.782. The van der Waals surface area contributed by atoms with Gasteiger partial charge in [0.25, 0.3) is 0 Å². The lowest BCUT2D eigenvalue weighted by Gasteiger charge is -2.21. The van der Waals surface area contributed by atoms with E-state index < -0.39 is 5.54 Å². The molecule has 0 spiro atoms. The maximum atomic E-state index is 11.7. The van der Waals surface area contributed by atoms with Crippen LogP contribution in [-0.2, 0) is 11.3 Å². The highest BCUT2D eigenvalue weighted by molar-refractivity contribution is 9.10. The Bertz CT molecular complexity index is 360. The Kier molecular flexibility index (Phi) is 4.50. The van der Waals surface area contributed by atoms with E-state index in [1.54, 1.807) is 6.92 Å². The monoisotopic (exact) mass is 284 g/mol. The fourth-order valence-electron chi connectivity index (χ4n) is 1.15. The molecule has 4 heteroatoms. The van der Waals surface area contributed by atoms with Crippen LogP contribution in [0, 0.1) is 0 Å². The maximum absolute atomic E-state index is 11.7. The predicted molar refractivity (Wildman–Crippen MR) is 68.9 cm³/mol. The minimum absolute atomic E-state index is 0.113. The Morgan fingerprint density at radius 3 is 2.50 bits per heavy atom. The van der Waals surface area contributed by atoms with E-state index >= 15 is 0 Å². The fraction of sp³-hybridized carbons (Fsp3) is 0.417. The average Bonchev–Trinajstić information content (AvgIpc) is 2.28. The summed E-state index contributed by atoms with van der Waals surface area (Å²) in [6.07, 6.45) is 0.624. The van der Waals surface area contributed by atoms with Crippen molar-refractivity contribution in [3.05, 3.63) is 34.3 Å². The third-order valence-corrected chi connectivity index (χ3v) is 3.15. The van der Waals surface area contributed by atoms with Crippen molar-refractivity contribution in [2.24, 2.45) is 5.73 Å². The number of hydrogen-bond donors (Lipinski definition) is 2. The molecule has 0 aliphatic heterocycles. The zero-order chi connectivity index (χ0) is 12.2. The van der Waals surface area contributed by atoms with Gasteiger partial charge in [-0.05, 0) is 31.0 Å². The standard InChI is InChI=1S/C12H17BrN2O/c1-3-12(2,14)11(16)15-8-9-4-6-10(13)7-5-9/h4-7H,3,8,14H2,1-2H3,(H,15,16). The lowest BCUT2D eigenvalue weighted by molar-refractivity contribution is -0.126. The molecule has 0 radical (unpaired) electrons. The molecule has 0 heterocycles. The van der Waals surface area contributed by atoms with Gasteiger partial charge in [-0.15, -0.1) is 0 Å². The van der Waals surface area contributed by atoms with Crippen LogP contribution < -0.4 is 11.1 Å². The van der Waals surface area contributed by atoms with E-state index in [-0.39, 0.29) is 5.91 Å². The molecule has 1 aromatic carbocycles. The second kappa shape index (κ2) is 5.46. The molecule has 0 aromatic heterocycles. The van der Waals surface area contributed by atoms with E-state index in [4.69, 9.17) is 5.73 Å². The van der Waals surface area contributed by atoms with Crippen LogP contribution in [0.2, 0.25) is 0 Å². The van der Waals surface area contributed by atoms with Gasteiger partial charge in [0.2, 0.25) is 5.91 Å². The van der Waals surface area contributed by atoms with E-state index in [2.05, 4.69) is 21.2 Å². The van der Waals surface area contributed by atoms with E-state index in [1.165, 1.54) is 0 Å². The largest absolute Gasteiger partial charge is 0.350 e. The number of amides is 1. The topological polar surface area (TPSA) is 55.1 Å². The summed E-state index contributed by atoms with van der Waals surface area (Å²) in [5, 5.41) is 2.83. The van der Waals surface area contributed by atoms with Gasteiger partial charge in [0, 0.05) is 11.0 Å². The third-order valence-electron chi connectivity index (χ3n) is 2.62. The van der Waals surface area contributed by atoms with Crippen LogP contribution in [0.5, 0.6) is 0 Å². The van der Waals surface area contributed by atoms with Crippen molar-refractivity contribution in [1.82, 2.24) is 5.32 Å². The highest BCUT2D eigenvalue weighted by Crippen LogP contribution is 2.11. The van der Waals surface area contributed by atoms with Crippen LogP contribution in [0.15, 0.2) is 28.7 Å². The summed E-state index contributed by atoms with van der Waals surface area (Å²) in [5.74, 6) is -0.113. The zero-order valence-electron chi connectivity index (χ0n) is 9.59. The molecule has 0 aliphatic rings. The highest BCUT2D eigenvalue weighted by atomic mass is 79.9. The van der Waals surface area contributed by atoms with Crippen LogP contribution in [-0.4, -0.2) is 11.4 Å². The average molecular weight is 285 g/mol. The molecule has 3 nitrogen and oxygen atoms in total. The van der Waals surface area contributed by atoms with E-state index in [9.17, 15) is 4.79 Å². The van der Waals surface area contributed by atoms with Crippen LogP contribution >= 0.6 is 15.9 Å². The number of nitrogens with one attached hydrogen (secondary N) is 1. The van der Waals surface area contributed by atoms with E-state index in [0.29, 0.717) is 13.0 Å². The van der Waals surface area contributed by atoms with Crippen LogP contribution in [0.3, 0.4) is 0 Å². The quantitative estimate of drug-likeness (QED) is 0.891. The summed E-state index contributed by atoms with van der Waals surface area (Å²) in [6.45, 7) is 4.15. The molecule has 1 amide bonds. The number of halogens is 1. The molecule has 0 saturated carbocycles. The molecule has 3 N–H and O–H groups in total. The molecule has 1 rings (SSSR count). The lowest BCUT2D eigenvalue weighted by Crippen LogP contribution is -2.50. The highest BCUT2D eigenvalue weighted by Gasteiger charge is 2.25. The van der Waals surface area contributed by atoms with Crippen molar-refractivity contribution in [3.63, 3.8) is 0 Å². The van der Waals surface area contributed by atoms with Crippen molar-refractivity contribution >= 4 is 21.8 Å². The first-order chi connectivity index (χ1) is 7.45. The fourth-order valence-corrected chi connectivity index (χ4v) is 1.41. The molecular formula is C12H17BrN2O. The second-order valence-corrected chi connectivity index (χ2v) is 5.00. The van der Waals surface area contributed by atoms with Crippen LogP contribution in [0.4, 0.5) is 0 Å². The van der Waals surface area contributed by atoms with Crippen molar-refractivity contribution in [2.75, 3.05) is 0 Å². The number of rotatable bonds is 4. The van der Waals surface area contributed by atoms with Gasteiger partial charge in [-0.3, -0.25) is 4.79 Å². The maximum Gasteiger partial charge on any atom is 0.240 e. The second-order valence-electron chi connectivity index (χ2n) is 4.08. The van der Waals surface area contributed by atoms with Gasteiger partial charge < -0.3 is 11.1 Å². The normalized spacial score (nSPS) is 14.2. The third kappa shape index (κ3) is 3.61. The van der Waals surface area contributed by atoms with Crippen molar-refractivity contribution in [2.45, 2.75) is 32.4 Å². The van der Waals surface area contributed by atoms with Crippen LogP contribution in [0.1, 0.15) is 25.8 Å². The molecule has 1 atom stereocenters. The number of carbonyl (C=O) groups is 1. The first-order valence-electron chi connectivity index (χ1n) is 5.27. The number of nitrogens with two attached hydrogens (primary N) is 1. The molecule has 88 valence electrons. The summed E-state index contributed by atoms with van der Waals surface area (Å²) in [5.41, 5.74) is 6.10. The molecule has 0 aliphatic carbocycles. The van der Waals surface area contributed by atoms with E-state index in [1.807, 2.05) is 31.2 Å². The lowest BCUT2D eigenvalue weighted by atomic mass is 9.99. The van der Waals surface area contributed by atoms with Crippen molar-refractivity contribution < 1.29 is 4.79 Å². The van der Waals surface area contributed by atoms with E-state index in [0.717, 1.165) is 10.0 Å². The summed E-state index contributed by atoms with van der Waals surface area (Å²) >= 11 is 3.36. The first-order valence-corrected chi connectivity index (χ1v) is 6.06. The van der Waals surface area contributed by atoms with Crippen molar-refractivity contribution in [3.8, 4) is 0 Å². The Morgan fingerprint density at radius 1 is 1.44 bits per heavy atom. The molecule has 16 heavy (non-hydrogen) atoms. The molecule has 1 aromatic rings. The van der Waals surface area contributed by atoms with Crippen molar-refractivity contribution in [1.29, 1.82) is 0 Å². The van der Waals surface area contributed by atoms with Gasteiger partial charge in [-0.2, -0.15) is 0 Å². The summed E-state index contributed by atoms with van der Waals surface area (Å²) in [4.78, 5) is 11.7. The van der Waals surface area contributed by atoms with Crippen LogP contribution in [0.25, 0.3) is 0 Å². The zero-order valence-corrected chi connectivity index (χ0v) is 11.2. The van der Waals surface area contributed by atoms with Gasteiger partial charge in [0.05, 0.1) is 5.54 Å².